The molecule has 3 rings (SSSR count). The maximum atomic E-state index is 12.5. The lowest BCUT2D eigenvalue weighted by molar-refractivity contribution is 0.416. The van der Waals surface area contributed by atoms with Crippen molar-refractivity contribution >= 4 is 26.4 Å². The Hall–Kier alpha value is -0.930. The topological polar surface area (TPSA) is 95.9 Å². The highest BCUT2D eigenvalue weighted by molar-refractivity contribution is 7.89. The van der Waals surface area contributed by atoms with E-state index in [0.717, 1.165) is 19.3 Å². The summed E-state index contributed by atoms with van der Waals surface area (Å²) < 4.78 is 54.9. The van der Waals surface area contributed by atoms with E-state index >= 15 is 0 Å². The minimum atomic E-state index is -3.63. The van der Waals surface area contributed by atoms with Crippen molar-refractivity contribution in [1.29, 1.82) is 0 Å². The summed E-state index contributed by atoms with van der Waals surface area (Å²) in [4.78, 5) is 0. The van der Waals surface area contributed by atoms with Gasteiger partial charge >= 0.3 is 10.2 Å². The highest BCUT2D eigenvalue weighted by Gasteiger charge is 2.31. The fourth-order valence-corrected chi connectivity index (χ4v) is 5.75. The summed E-state index contributed by atoms with van der Waals surface area (Å²) in [6, 6.07) is 0. The predicted molar refractivity (Wildman–Crippen MR) is 84.1 cm³/mol. The normalized spacial score (nSPS) is 26.0. The van der Waals surface area contributed by atoms with E-state index in [0.29, 0.717) is 30.2 Å². The lowest BCUT2D eigenvalue weighted by Crippen LogP contribution is -2.42. The molecule has 1 N–H and O–H groups in total. The number of hydrogen-bond donors (Lipinski definition) is 1. The van der Waals surface area contributed by atoms with Gasteiger partial charge in [-0.25, -0.2) is 8.42 Å². The Balaban J connectivity index is 1.64. The number of hydrogen-bond acceptors (Lipinski definition) is 4. The maximum absolute atomic E-state index is 12.5. The Morgan fingerprint density at radius 3 is 2.77 bits per heavy atom. The van der Waals surface area contributed by atoms with Crippen LogP contribution in [0.15, 0.2) is 15.7 Å². The van der Waals surface area contributed by atoms with E-state index in [4.69, 9.17) is 0 Å². The Morgan fingerprint density at radius 1 is 1.32 bits per heavy atom. The van der Waals surface area contributed by atoms with Gasteiger partial charge in [-0.3, -0.25) is 4.72 Å². The Labute approximate surface area is 131 Å². The van der Waals surface area contributed by atoms with Gasteiger partial charge in [-0.15, -0.1) is 0 Å². The van der Waals surface area contributed by atoms with E-state index in [9.17, 15) is 16.8 Å². The molecule has 1 saturated carbocycles. The van der Waals surface area contributed by atoms with Gasteiger partial charge in [0, 0.05) is 37.0 Å². The molecule has 22 heavy (non-hydrogen) atoms. The Bertz CT molecular complexity index is 704. The molecule has 7 nitrogen and oxygen atoms in total. The average Bonchev–Trinajstić information content (AvgIpc) is 2.97. The summed E-state index contributed by atoms with van der Waals surface area (Å²) in [5.74, 6) is 0.723. The van der Waals surface area contributed by atoms with Crippen molar-refractivity contribution in [2.45, 2.75) is 38.5 Å². The summed E-state index contributed by atoms with van der Waals surface area (Å²) in [5, 5.41) is 0. The zero-order valence-corrected chi connectivity index (χ0v) is 14.0. The van der Waals surface area contributed by atoms with Gasteiger partial charge in [-0.05, 0) is 12.3 Å². The molecular formula is C13H21N3O4S2. The largest absolute Gasteiger partial charge is 0.341 e. The monoisotopic (exact) mass is 347 g/mol. The summed E-state index contributed by atoms with van der Waals surface area (Å²) in [6.07, 6.45) is 7.07. The van der Waals surface area contributed by atoms with Gasteiger partial charge in [0.1, 0.15) is 0 Å². The van der Waals surface area contributed by atoms with Gasteiger partial charge < -0.3 is 0 Å². The van der Waals surface area contributed by atoms with Crippen molar-refractivity contribution in [3.8, 4) is 0 Å². The molecule has 2 aliphatic heterocycles. The van der Waals surface area contributed by atoms with Gasteiger partial charge in [0.2, 0.25) is 10.0 Å². The van der Waals surface area contributed by atoms with E-state index in [2.05, 4.69) is 9.12 Å². The van der Waals surface area contributed by atoms with E-state index in [1.165, 1.54) is 23.4 Å². The first-order chi connectivity index (χ1) is 10.4. The van der Waals surface area contributed by atoms with Crippen LogP contribution in [0.25, 0.3) is 0 Å². The van der Waals surface area contributed by atoms with Crippen LogP contribution in [0.2, 0.25) is 0 Å². The standard InChI is InChI=1S/C13H21N3O4S2/c17-21(18,8-6-11-3-1-2-4-11)16-7-5-13-12(10-16)9-14-22(19,20)15-13/h9,11,15H,1-8,10H2. The van der Waals surface area contributed by atoms with Crippen molar-refractivity contribution in [2.75, 3.05) is 18.8 Å². The molecule has 0 radical (unpaired) electrons. The SMILES string of the molecule is O=S1(=O)N=CC2=C(CCN(S(=O)(=O)CCC3CCCC3)C2)N1. The van der Waals surface area contributed by atoms with Crippen LogP contribution in [0.3, 0.4) is 0 Å². The third-order valence-corrected chi connectivity index (χ3v) is 7.33. The molecule has 0 aromatic rings. The molecule has 0 unspecified atom stereocenters. The van der Waals surface area contributed by atoms with Gasteiger partial charge in [0.05, 0.1) is 5.75 Å². The second-order valence-electron chi connectivity index (χ2n) is 6.15. The zero-order chi connectivity index (χ0) is 15.8. The van der Waals surface area contributed by atoms with Gasteiger partial charge in [-0.2, -0.15) is 17.1 Å². The molecule has 1 fully saturated rings. The zero-order valence-electron chi connectivity index (χ0n) is 12.4. The number of nitrogens with zero attached hydrogens (tertiary/aromatic N) is 2. The molecule has 0 aromatic heterocycles. The summed E-state index contributed by atoms with van der Waals surface area (Å²) in [5.41, 5.74) is 1.21. The lowest BCUT2D eigenvalue weighted by atomic mass is 10.1. The molecule has 0 amide bonds. The fourth-order valence-electron chi connectivity index (χ4n) is 3.29. The first-order valence-electron chi connectivity index (χ1n) is 7.64. The van der Waals surface area contributed by atoms with Crippen LogP contribution in [-0.4, -0.2) is 46.2 Å². The molecule has 0 aromatic carbocycles. The number of rotatable bonds is 4. The van der Waals surface area contributed by atoms with Crippen LogP contribution in [0.1, 0.15) is 38.5 Å². The molecule has 0 spiro atoms. The molecule has 9 heteroatoms. The third-order valence-electron chi connectivity index (χ3n) is 4.60. The Kier molecular flexibility index (Phi) is 4.30. The second kappa shape index (κ2) is 5.93. The van der Waals surface area contributed by atoms with Crippen LogP contribution in [0, 0.1) is 5.92 Å². The van der Waals surface area contributed by atoms with Gasteiger partial charge in [0.25, 0.3) is 0 Å². The fraction of sp³-hybridized carbons (Fsp3) is 0.769. The van der Waals surface area contributed by atoms with Crippen LogP contribution in [-0.2, 0) is 20.2 Å². The molecule has 124 valence electrons. The van der Waals surface area contributed by atoms with Crippen LogP contribution < -0.4 is 4.72 Å². The smallest absolute Gasteiger partial charge is 0.269 e. The number of nitrogens with one attached hydrogen (secondary N) is 1. The average molecular weight is 347 g/mol. The molecule has 3 aliphatic rings. The molecule has 0 saturated heterocycles. The molecule has 1 aliphatic carbocycles. The van der Waals surface area contributed by atoms with E-state index in [1.54, 1.807) is 0 Å². The highest BCUT2D eigenvalue weighted by atomic mass is 32.2. The lowest BCUT2D eigenvalue weighted by Gasteiger charge is -2.30. The summed E-state index contributed by atoms with van der Waals surface area (Å²) in [7, 11) is -6.92. The van der Waals surface area contributed by atoms with Crippen LogP contribution in [0.4, 0.5) is 0 Å². The summed E-state index contributed by atoms with van der Waals surface area (Å²) in [6.45, 7) is 0.524. The minimum Gasteiger partial charge on any atom is -0.269 e. The minimum absolute atomic E-state index is 0.184. The van der Waals surface area contributed by atoms with Crippen molar-refractivity contribution in [1.82, 2.24) is 9.03 Å². The van der Waals surface area contributed by atoms with Crippen molar-refractivity contribution < 1.29 is 16.8 Å². The van der Waals surface area contributed by atoms with Crippen molar-refractivity contribution in [2.24, 2.45) is 10.3 Å². The second-order valence-corrected chi connectivity index (χ2v) is 9.61. The quantitative estimate of drug-likeness (QED) is 0.812. The highest BCUT2D eigenvalue weighted by Crippen LogP contribution is 2.29. The maximum Gasteiger partial charge on any atom is 0.341 e. The van der Waals surface area contributed by atoms with Crippen molar-refractivity contribution in [3.63, 3.8) is 0 Å². The predicted octanol–water partition coefficient (Wildman–Crippen LogP) is 0.775. The first kappa shape index (κ1) is 15.9. The molecular weight excluding hydrogens is 326 g/mol. The van der Waals surface area contributed by atoms with Gasteiger partial charge in [0.15, 0.2) is 0 Å². The van der Waals surface area contributed by atoms with Crippen molar-refractivity contribution in [3.05, 3.63) is 11.3 Å². The Morgan fingerprint density at radius 2 is 2.05 bits per heavy atom. The third kappa shape index (κ3) is 3.52. The first-order valence-corrected chi connectivity index (χ1v) is 10.7. The molecule has 2 heterocycles. The number of sulfonamides is 1. The van der Waals surface area contributed by atoms with E-state index in [1.807, 2.05) is 0 Å². The molecule has 0 bridgehead atoms. The summed E-state index contributed by atoms with van der Waals surface area (Å²) >= 11 is 0. The van der Waals surface area contributed by atoms with E-state index < -0.39 is 20.2 Å². The van der Waals surface area contributed by atoms with E-state index in [-0.39, 0.29) is 12.3 Å². The van der Waals surface area contributed by atoms with Crippen LogP contribution >= 0.6 is 0 Å². The van der Waals surface area contributed by atoms with Gasteiger partial charge in [-0.1, -0.05) is 25.7 Å². The molecule has 0 atom stereocenters. The van der Waals surface area contributed by atoms with Crippen LogP contribution in [0.5, 0.6) is 0 Å².